The molecule has 17 heavy (non-hydrogen) atoms. The highest BCUT2D eigenvalue weighted by atomic mass is 16.5. The van der Waals surface area contributed by atoms with Crippen LogP contribution in [0.15, 0.2) is 24.3 Å². The number of aliphatic hydroxyl groups excluding tert-OH is 1. The molecule has 3 nitrogen and oxygen atoms in total. The van der Waals surface area contributed by atoms with Crippen molar-refractivity contribution in [3.05, 3.63) is 29.8 Å². The van der Waals surface area contributed by atoms with E-state index in [9.17, 15) is 9.90 Å². The fourth-order valence-electron chi connectivity index (χ4n) is 1.44. The van der Waals surface area contributed by atoms with Gasteiger partial charge in [-0.2, -0.15) is 0 Å². The minimum Gasteiger partial charge on any atom is -0.491 e. The van der Waals surface area contributed by atoms with Gasteiger partial charge in [0.05, 0.1) is 6.10 Å². The van der Waals surface area contributed by atoms with Crippen molar-refractivity contribution >= 4 is 5.78 Å². The highest BCUT2D eigenvalue weighted by Crippen LogP contribution is 2.16. The van der Waals surface area contributed by atoms with Gasteiger partial charge in [0.15, 0.2) is 5.78 Å². The van der Waals surface area contributed by atoms with E-state index in [0.717, 1.165) is 5.75 Å². The average molecular weight is 236 g/mol. The van der Waals surface area contributed by atoms with Gasteiger partial charge in [0.25, 0.3) is 0 Å². The maximum absolute atomic E-state index is 11.8. The molecule has 1 aromatic carbocycles. The summed E-state index contributed by atoms with van der Waals surface area (Å²) in [6.07, 6.45) is -0.829. The summed E-state index contributed by atoms with van der Waals surface area (Å²) in [4.78, 5) is 11.8. The zero-order chi connectivity index (χ0) is 13.0. The van der Waals surface area contributed by atoms with E-state index in [1.54, 1.807) is 24.3 Å². The summed E-state index contributed by atoms with van der Waals surface area (Å²) in [5.74, 6) is 0.417. The van der Waals surface area contributed by atoms with Crippen LogP contribution in [0, 0.1) is 5.92 Å². The number of ketones is 1. The molecule has 1 N–H and O–H groups in total. The summed E-state index contributed by atoms with van der Waals surface area (Å²) in [6.45, 7) is 7.53. The van der Waals surface area contributed by atoms with Crippen LogP contribution in [0.3, 0.4) is 0 Å². The predicted octanol–water partition coefficient (Wildman–Crippen LogP) is 2.67. The van der Waals surface area contributed by atoms with Crippen LogP contribution in [-0.4, -0.2) is 23.1 Å². The second-order valence-electron chi connectivity index (χ2n) is 4.74. The van der Waals surface area contributed by atoms with E-state index in [1.807, 2.05) is 27.7 Å². The topological polar surface area (TPSA) is 46.5 Å². The Kier molecular flexibility index (Phi) is 4.70. The maximum Gasteiger partial charge on any atom is 0.191 e. The molecule has 0 saturated carbocycles. The van der Waals surface area contributed by atoms with Crippen molar-refractivity contribution in [1.82, 2.24) is 0 Å². The fourth-order valence-corrected chi connectivity index (χ4v) is 1.44. The van der Waals surface area contributed by atoms with Crippen molar-refractivity contribution in [3.63, 3.8) is 0 Å². The normalized spacial score (nSPS) is 12.9. The van der Waals surface area contributed by atoms with Gasteiger partial charge in [0.1, 0.15) is 11.9 Å². The van der Waals surface area contributed by atoms with Crippen molar-refractivity contribution in [1.29, 1.82) is 0 Å². The molecule has 0 heterocycles. The molecule has 0 fully saturated rings. The number of carbonyl (C=O) groups is 1. The molecular formula is C14H20O3. The average Bonchev–Trinajstić information content (AvgIpc) is 2.27. The third kappa shape index (κ3) is 3.86. The van der Waals surface area contributed by atoms with Crippen LogP contribution in [-0.2, 0) is 0 Å². The van der Waals surface area contributed by atoms with Gasteiger partial charge in [-0.05, 0) is 44.0 Å². The summed E-state index contributed by atoms with van der Waals surface area (Å²) in [7, 11) is 0. The number of aliphatic hydroxyl groups is 1. The Morgan fingerprint density at radius 1 is 1.12 bits per heavy atom. The van der Waals surface area contributed by atoms with Crippen molar-refractivity contribution in [2.45, 2.75) is 39.9 Å². The summed E-state index contributed by atoms with van der Waals surface area (Å²) < 4.78 is 5.48. The molecule has 0 aliphatic rings. The first kappa shape index (κ1) is 13.7. The van der Waals surface area contributed by atoms with Gasteiger partial charge >= 0.3 is 0 Å². The second kappa shape index (κ2) is 5.82. The van der Waals surface area contributed by atoms with Crippen LogP contribution >= 0.6 is 0 Å². The molecule has 1 aromatic rings. The van der Waals surface area contributed by atoms with E-state index in [0.29, 0.717) is 5.56 Å². The molecule has 0 spiro atoms. The van der Waals surface area contributed by atoms with Crippen LogP contribution in [0.1, 0.15) is 38.1 Å². The molecule has 1 unspecified atom stereocenters. The molecule has 0 aliphatic heterocycles. The van der Waals surface area contributed by atoms with Crippen molar-refractivity contribution < 1.29 is 14.6 Å². The minimum atomic E-state index is -0.938. The Labute approximate surface area is 102 Å². The Morgan fingerprint density at radius 2 is 1.65 bits per heavy atom. The van der Waals surface area contributed by atoms with Gasteiger partial charge in [0, 0.05) is 5.56 Å². The first-order valence-corrected chi connectivity index (χ1v) is 5.90. The number of rotatable bonds is 5. The summed E-state index contributed by atoms with van der Waals surface area (Å²) in [5, 5.41) is 9.68. The number of ether oxygens (including phenoxy) is 1. The quantitative estimate of drug-likeness (QED) is 0.799. The third-order valence-corrected chi connectivity index (χ3v) is 2.41. The van der Waals surface area contributed by atoms with E-state index >= 15 is 0 Å². The second-order valence-corrected chi connectivity index (χ2v) is 4.74. The zero-order valence-electron chi connectivity index (χ0n) is 10.8. The Hall–Kier alpha value is -1.35. The van der Waals surface area contributed by atoms with Gasteiger partial charge in [-0.3, -0.25) is 4.79 Å². The van der Waals surface area contributed by atoms with Crippen LogP contribution < -0.4 is 4.74 Å². The first-order valence-electron chi connectivity index (χ1n) is 5.90. The van der Waals surface area contributed by atoms with Gasteiger partial charge in [0.2, 0.25) is 0 Å². The van der Waals surface area contributed by atoms with Crippen LogP contribution in [0.4, 0.5) is 0 Å². The van der Waals surface area contributed by atoms with Crippen molar-refractivity contribution in [2.75, 3.05) is 0 Å². The number of hydrogen-bond donors (Lipinski definition) is 1. The molecule has 0 bridgehead atoms. The minimum absolute atomic E-state index is 0.0749. The van der Waals surface area contributed by atoms with Gasteiger partial charge in [-0.25, -0.2) is 0 Å². The molecule has 1 rings (SSSR count). The maximum atomic E-state index is 11.8. The lowest BCUT2D eigenvalue weighted by atomic mass is 9.98. The third-order valence-electron chi connectivity index (χ3n) is 2.41. The Balaban J connectivity index is 2.77. The molecule has 3 heteroatoms. The smallest absolute Gasteiger partial charge is 0.191 e. The number of Topliss-reactive ketones (excluding diaryl/α,β-unsaturated/α-hetero) is 1. The SMILES string of the molecule is CC(C)Oc1ccc(C(=O)C(O)C(C)C)cc1. The van der Waals surface area contributed by atoms with E-state index in [2.05, 4.69) is 0 Å². The van der Waals surface area contributed by atoms with E-state index in [1.165, 1.54) is 0 Å². The number of benzene rings is 1. The lowest BCUT2D eigenvalue weighted by molar-refractivity contribution is 0.0648. The molecule has 1 atom stereocenters. The van der Waals surface area contributed by atoms with Crippen LogP contribution in [0.2, 0.25) is 0 Å². The van der Waals surface area contributed by atoms with Gasteiger partial charge in [-0.15, -0.1) is 0 Å². The molecular weight excluding hydrogens is 216 g/mol. The van der Waals surface area contributed by atoms with E-state index in [4.69, 9.17) is 4.74 Å². The van der Waals surface area contributed by atoms with Gasteiger partial charge < -0.3 is 9.84 Å². The molecule has 0 radical (unpaired) electrons. The Morgan fingerprint density at radius 3 is 2.06 bits per heavy atom. The molecule has 0 aromatic heterocycles. The van der Waals surface area contributed by atoms with E-state index < -0.39 is 6.10 Å². The molecule has 0 amide bonds. The predicted molar refractivity (Wildman–Crippen MR) is 67.4 cm³/mol. The van der Waals surface area contributed by atoms with Crippen molar-refractivity contribution in [2.24, 2.45) is 5.92 Å². The summed E-state index contributed by atoms with van der Waals surface area (Å²) in [5.41, 5.74) is 0.516. The summed E-state index contributed by atoms with van der Waals surface area (Å²) in [6, 6.07) is 6.87. The molecule has 94 valence electrons. The zero-order valence-corrected chi connectivity index (χ0v) is 10.8. The highest BCUT2D eigenvalue weighted by molar-refractivity contribution is 5.99. The first-order chi connectivity index (χ1) is 7.91. The van der Waals surface area contributed by atoms with E-state index in [-0.39, 0.29) is 17.8 Å². The lowest BCUT2D eigenvalue weighted by Gasteiger charge is -2.14. The lowest BCUT2D eigenvalue weighted by Crippen LogP contribution is -2.26. The van der Waals surface area contributed by atoms with Crippen LogP contribution in [0.5, 0.6) is 5.75 Å². The number of carbonyl (C=O) groups excluding carboxylic acids is 1. The number of hydrogen-bond acceptors (Lipinski definition) is 3. The summed E-state index contributed by atoms with van der Waals surface area (Å²) >= 11 is 0. The standard InChI is InChI=1S/C14H20O3/c1-9(2)13(15)14(16)11-5-7-12(8-6-11)17-10(3)4/h5-10,13,15H,1-4H3. The largest absolute Gasteiger partial charge is 0.491 e. The monoisotopic (exact) mass is 236 g/mol. The van der Waals surface area contributed by atoms with Crippen LogP contribution in [0.25, 0.3) is 0 Å². The highest BCUT2D eigenvalue weighted by Gasteiger charge is 2.20. The Bertz CT molecular complexity index is 366. The fraction of sp³-hybridized carbons (Fsp3) is 0.500. The molecule has 0 saturated heterocycles. The van der Waals surface area contributed by atoms with Gasteiger partial charge in [-0.1, -0.05) is 13.8 Å². The van der Waals surface area contributed by atoms with Crippen molar-refractivity contribution in [3.8, 4) is 5.75 Å². The molecule has 0 aliphatic carbocycles.